The van der Waals surface area contributed by atoms with Crippen molar-refractivity contribution in [2.75, 3.05) is 11.9 Å². The van der Waals surface area contributed by atoms with E-state index in [2.05, 4.69) is 15.2 Å². The number of nitrogens with one attached hydrogen (secondary N) is 1. The fourth-order valence-corrected chi connectivity index (χ4v) is 2.97. The number of aromatic nitrogens is 3. The molecule has 0 bridgehead atoms. The summed E-state index contributed by atoms with van der Waals surface area (Å²) >= 11 is 0. The van der Waals surface area contributed by atoms with E-state index in [0.717, 1.165) is 23.9 Å². The summed E-state index contributed by atoms with van der Waals surface area (Å²) in [6.45, 7) is 0. The van der Waals surface area contributed by atoms with Gasteiger partial charge in [-0.25, -0.2) is 4.39 Å². The third-order valence-electron chi connectivity index (χ3n) is 4.24. The van der Waals surface area contributed by atoms with Gasteiger partial charge in [0.25, 0.3) is 0 Å². The van der Waals surface area contributed by atoms with Crippen LogP contribution in [0.3, 0.4) is 0 Å². The quantitative estimate of drug-likeness (QED) is 0.929. The molecule has 1 aromatic carbocycles. The fourth-order valence-electron chi connectivity index (χ4n) is 2.97. The molecule has 112 valence electrons. The van der Waals surface area contributed by atoms with Gasteiger partial charge < -0.3 is 4.90 Å². The van der Waals surface area contributed by atoms with Crippen LogP contribution in [0, 0.1) is 11.7 Å². The Morgan fingerprint density at radius 1 is 1.19 bits per heavy atom. The van der Waals surface area contributed by atoms with Crippen LogP contribution in [0.25, 0.3) is 0 Å². The second kappa shape index (κ2) is 6.24. The standard InChI is InChI=1S/C16H21FN4/c1-21(14-9-7-13(17)8-10-14)16-18-15(19-20-16)11-12-5-3-2-4-6-12/h7-10,12H,2-6,11H2,1H3,(H,18,19,20). The second-order valence-electron chi connectivity index (χ2n) is 5.83. The molecule has 0 radical (unpaired) electrons. The minimum absolute atomic E-state index is 0.236. The van der Waals surface area contributed by atoms with Crippen molar-refractivity contribution in [1.82, 2.24) is 15.2 Å². The van der Waals surface area contributed by atoms with Gasteiger partial charge >= 0.3 is 0 Å². The number of aromatic amines is 1. The first-order chi connectivity index (χ1) is 10.2. The molecule has 1 fully saturated rings. The van der Waals surface area contributed by atoms with Crippen molar-refractivity contribution in [3.8, 4) is 0 Å². The molecule has 0 spiro atoms. The van der Waals surface area contributed by atoms with E-state index in [9.17, 15) is 4.39 Å². The van der Waals surface area contributed by atoms with Crippen LogP contribution in [0.2, 0.25) is 0 Å². The lowest BCUT2D eigenvalue weighted by molar-refractivity contribution is 0.352. The van der Waals surface area contributed by atoms with Crippen molar-refractivity contribution in [3.05, 3.63) is 35.9 Å². The van der Waals surface area contributed by atoms with E-state index in [0.29, 0.717) is 5.95 Å². The molecular formula is C16H21FN4. The van der Waals surface area contributed by atoms with Gasteiger partial charge in [-0.05, 0) is 30.2 Å². The van der Waals surface area contributed by atoms with Gasteiger partial charge in [-0.15, -0.1) is 5.10 Å². The second-order valence-corrected chi connectivity index (χ2v) is 5.83. The largest absolute Gasteiger partial charge is 0.312 e. The van der Waals surface area contributed by atoms with Crippen LogP contribution in [0.1, 0.15) is 37.9 Å². The molecule has 0 aliphatic heterocycles. The monoisotopic (exact) mass is 288 g/mol. The number of halogens is 1. The van der Waals surface area contributed by atoms with Gasteiger partial charge in [-0.1, -0.05) is 32.1 Å². The summed E-state index contributed by atoms with van der Waals surface area (Å²) in [4.78, 5) is 6.43. The molecule has 1 aromatic heterocycles. The van der Waals surface area contributed by atoms with Crippen LogP contribution in [0.5, 0.6) is 0 Å². The number of benzene rings is 1. The molecule has 1 aliphatic rings. The Balaban J connectivity index is 1.67. The minimum atomic E-state index is -0.236. The first-order valence-corrected chi connectivity index (χ1v) is 7.63. The lowest BCUT2D eigenvalue weighted by atomic mass is 9.87. The number of nitrogens with zero attached hydrogens (tertiary/aromatic N) is 3. The molecule has 4 nitrogen and oxygen atoms in total. The summed E-state index contributed by atoms with van der Waals surface area (Å²) in [5, 5.41) is 7.31. The highest BCUT2D eigenvalue weighted by atomic mass is 19.1. The molecule has 1 aliphatic carbocycles. The summed E-state index contributed by atoms with van der Waals surface area (Å²) in [5.41, 5.74) is 0.875. The van der Waals surface area contributed by atoms with E-state index in [4.69, 9.17) is 0 Å². The first-order valence-electron chi connectivity index (χ1n) is 7.63. The molecule has 1 saturated carbocycles. The number of anilines is 2. The van der Waals surface area contributed by atoms with Gasteiger partial charge in [0.05, 0.1) is 0 Å². The molecule has 0 saturated heterocycles. The normalized spacial score (nSPS) is 16.1. The predicted octanol–water partition coefficient (Wildman–Crippen LogP) is 3.83. The van der Waals surface area contributed by atoms with Crippen LogP contribution in [0.15, 0.2) is 24.3 Å². The average molecular weight is 288 g/mol. The minimum Gasteiger partial charge on any atom is -0.312 e. The molecule has 0 unspecified atom stereocenters. The number of rotatable bonds is 4. The first kappa shape index (κ1) is 14.0. The summed E-state index contributed by atoms with van der Waals surface area (Å²) < 4.78 is 13.0. The third-order valence-corrected chi connectivity index (χ3v) is 4.24. The molecule has 21 heavy (non-hydrogen) atoms. The highest BCUT2D eigenvalue weighted by Gasteiger charge is 2.17. The van der Waals surface area contributed by atoms with Crippen molar-refractivity contribution in [2.45, 2.75) is 38.5 Å². The lowest BCUT2D eigenvalue weighted by Crippen LogP contribution is -2.12. The summed E-state index contributed by atoms with van der Waals surface area (Å²) in [7, 11) is 1.89. The summed E-state index contributed by atoms with van der Waals surface area (Å²) in [5.74, 6) is 2.08. The van der Waals surface area contributed by atoms with Gasteiger partial charge in [0.15, 0.2) is 0 Å². The van der Waals surface area contributed by atoms with Crippen LogP contribution < -0.4 is 4.90 Å². The van der Waals surface area contributed by atoms with Crippen LogP contribution in [-0.2, 0) is 6.42 Å². The van der Waals surface area contributed by atoms with Crippen molar-refractivity contribution >= 4 is 11.6 Å². The van der Waals surface area contributed by atoms with E-state index in [1.165, 1.54) is 44.2 Å². The molecular weight excluding hydrogens is 267 g/mol. The van der Waals surface area contributed by atoms with Gasteiger partial charge in [0, 0.05) is 19.2 Å². The maximum Gasteiger partial charge on any atom is 0.248 e. The Labute approximate surface area is 124 Å². The molecule has 1 heterocycles. The molecule has 3 rings (SSSR count). The fraction of sp³-hybridized carbons (Fsp3) is 0.500. The van der Waals surface area contributed by atoms with E-state index < -0.39 is 0 Å². The molecule has 0 atom stereocenters. The smallest absolute Gasteiger partial charge is 0.248 e. The Hall–Kier alpha value is -1.91. The van der Waals surface area contributed by atoms with E-state index in [1.807, 2.05) is 11.9 Å². The van der Waals surface area contributed by atoms with Crippen molar-refractivity contribution < 1.29 is 4.39 Å². The van der Waals surface area contributed by atoms with Gasteiger partial charge in [-0.2, -0.15) is 4.98 Å². The highest BCUT2D eigenvalue weighted by molar-refractivity contribution is 5.55. The maximum absolute atomic E-state index is 13.0. The van der Waals surface area contributed by atoms with Crippen molar-refractivity contribution in [3.63, 3.8) is 0 Å². The summed E-state index contributed by atoms with van der Waals surface area (Å²) in [6, 6.07) is 6.35. The Bertz CT molecular complexity index is 572. The van der Waals surface area contributed by atoms with Crippen LogP contribution in [-0.4, -0.2) is 22.2 Å². The topological polar surface area (TPSA) is 44.8 Å². The zero-order valence-corrected chi connectivity index (χ0v) is 12.3. The van der Waals surface area contributed by atoms with E-state index in [1.54, 1.807) is 12.1 Å². The van der Waals surface area contributed by atoms with Crippen LogP contribution in [0.4, 0.5) is 16.0 Å². The zero-order valence-electron chi connectivity index (χ0n) is 12.3. The number of H-pyrrole nitrogens is 1. The van der Waals surface area contributed by atoms with Gasteiger partial charge in [0.2, 0.25) is 5.95 Å². The van der Waals surface area contributed by atoms with Gasteiger partial charge in [-0.3, -0.25) is 5.10 Å². The Morgan fingerprint density at radius 2 is 1.90 bits per heavy atom. The van der Waals surface area contributed by atoms with Crippen LogP contribution >= 0.6 is 0 Å². The molecule has 1 N–H and O–H groups in total. The Kier molecular flexibility index (Phi) is 4.18. The summed E-state index contributed by atoms with van der Waals surface area (Å²) in [6.07, 6.45) is 7.60. The van der Waals surface area contributed by atoms with Crippen molar-refractivity contribution in [1.29, 1.82) is 0 Å². The molecule has 0 amide bonds. The van der Waals surface area contributed by atoms with Crippen molar-refractivity contribution in [2.24, 2.45) is 5.92 Å². The molecule has 5 heteroatoms. The number of hydrogen-bond acceptors (Lipinski definition) is 3. The van der Waals surface area contributed by atoms with E-state index in [-0.39, 0.29) is 5.82 Å². The zero-order chi connectivity index (χ0) is 14.7. The highest BCUT2D eigenvalue weighted by Crippen LogP contribution is 2.27. The predicted molar refractivity (Wildman–Crippen MR) is 81.1 cm³/mol. The lowest BCUT2D eigenvalue weighted by Gasteiger charge is -2.20. The average Bonchev–Trinajstić information content (AvgIpc) is 2.97. The molecule has 2 aromatic rings. The SMILES string of the molecule is CN(c1ccc(F)cc1)c1n[nH]c(CC2CCCCC2)n1. The maximum atomic E-state index is 13.0. The van der Waals surface area contributed by atoms with E-state index >= 15 is 0 Å². The van der Waals surface area contributed by atoms with Gasteiger partial charge in [0.1, 0.15) is 11.6 Å². The Morgan fingerprint density at radius 3 is 2.62 bits per heavy atom. The third kappa shape index (κ3) is 3.40. The number of hydrogen-bond donors (Lipinski definition) is 1.